The molecule has 1 fully saturated rings. The summed E-state index contributed by atoms with van der Waals surface area (Å²) in [5.74, 6) is 0.0199. The second kappa shape index (κ2) is 9.01. The molecule has 1 aliphatic heterocycles. The Morgan fingerprint density at radius 2 is 1.79 bits per heavy atom. The van der Waals surface area contributed by atoms with Crippen LogP contribution in [0.2, 0.25) is 5.02 Å². The Bertz CT molecular complexity index is 1470. The van der Waals surface area contributed by atoms with Crippen molar-refractivity contribution in [3.05, 3.63) is 71.6 Å². The lowest BCUT2D eigenvalue weighted by Gasteiger charge is -2.32. The zero-order valence-electron chi connectivity index (χ0n) is 18.4. The topological polar surface area (TPSA) is 79.6 Å². The maximum absolute atomic E-state index is 14.1. The third-order valence-electron chi connectivity index (χ3n) is 6.06. The fourth-order valence-electron chi connectivity index (χ4n) is 4.23. The summed E-state index contributed by atoms with van der Waals surface area (Å²) in [6.45, 7) is 0.579. The minimum Gasteiger partial charge on any atom is -0.367 e. The summed E-state index contributed by atoms with van der Waals surface area (Å²) in [5, 5.41) is 8.57. The van der Waals surface area contributed by atoms with Crippen LogP contribution in [-0.4, -0.2) is 54.3 Å². The van der Waals surface area contributed by atoms with Crippen LogP contribution in [0.15, 0.2) is 65.7 Å². The molecule has 174 valence electrons. The average Bonchev–Trinajstić information content (AvgIpc) is 3.21. The van der Waals surface area contributed by atoms with E-state index in [1.165, 1.54) is 28.6 Å². The van der Waals surface area contributed by atoms with E-state index in [0.717, 1.165) is 28.2 Å². The zero-order valence-corrected chi connectivity index (χ0v) is 20.0. The molecule has 0 amide bonds. The predicted molar refractivity (Wildman–Crippen MR) is 133 cm³/mol. The fourth-order valence-corrected chi connectivity index (χ4v) is 5.99. The van der Waals surface area contributed by atoms with E-state index < -0.39 is 15.8 Å². The number of anilines is 1. The monoisotopic (exact) mass is 497 g/mol. The highest BCUT2D eigenvalue weighted by Gasteiger charge is 2.31. The average molecular weight is 498 g/mol. The number of hydrogen-bond acceptors (Lipinski definition) is 5. The van der Waals surface area contributed by atoms with E-state index in [0.29, 0.717) is 17.9 Å². The summed E-state index contributed by atoms with van der Waals surface area (Å²) in [6, 6.07) is 14.9. The van der Waals surface area contributed by atoms with E-state index in [4.69, 9.17) is 16.6 Å². The van der Waals surface area contributed by atoms with Gasteiger partial charge in [-0.15, -0.1) is 0 Å². The van der Waals surface area contributed by atoms with Gasteiger partial charge in [-0.3, -0.25) is 0 Å². The molecule has 4 aromatic rings. The number of hydrogen-bond donors (Lipinski definition) is 1. The molecule has 3 heterocycles. The van der Waals surface area contributed by atoms with E-state index in [-0.39, 0.29) is 24.0 Å². The summed E-state index contributed by atoms with van der Waals surface area (Å²) < 4.78 is 43.0. The van der Waals surface area contributed by atoms with Gasteiger partial charge in [0.05, 0.1) is 5.69 Å². The normalized spacial score (nSPS) is 15.6. The highest BCUT2D eigenvalue weighted by atomic mass is 35.5. The number of sulfonamides is 1. The van der Waals surface area contributed by atoms with Crippen molar-refractivity contribution in [1.29, 1.82) is 0 Å². The van der Waals surface area contributed by atoms with Gasteiger partial charge in [-0.1, -0.05) is 41.9 Å². The second-order valence-corrected chi connectivity index (χ2v) is 10.6. The SMILES string of the molecule is Bc1cnn2c(NC3CCN(S(=O)(=O)c4ccccc4F)CC3)cc(-c3ccccc3Cl)nc12. The molecule has 1 saturated heterocycles. The largest absolute Gasteiger partial charge is 0.367 e. The van der Waals surface area contributed by atoms with E-state index in [2.05, 4.69) is 10.4 Å². The second-order valence-electron chi connectivity index (χ2n) is 8.32. The molecule has 7 nitrogen and oxygen atoms in total. The highest BCUT2D eigenvalue weighted by Crippen LogP contribution is 2.29. The van der Waals surface area contributed by atoms with Crippen LogP contribution in [0.5, 0.6) is 0 Å². The third-order valence-corrected chi connectivity index (χ3v) is 8.32. The molecular formula is C23H22BClFN5O2S. The smallest absolute Gasteiger partial charge is 0.245 e. The van der Waals surface area contributed by atoms with Gasteiger partial charge in [-0.2, -0.15) is 13.9 Å². The predicted octanol–water partition coefficient (Wildman–Crippen LogP) is 2.71. The van der Waals surface area contributed by atoms with Crippen LogP contribution in [0.1, 0.15) is 12.8 Å². The van der Waals surface area contributed by atoms with E-state index in [9.17, 15) is 12.8 Å². The molecule has 2 aromatic carbocycles. The van der Waals surface area contributed by atoms with Crippen LogP contribution in [0.4, 0.5) is 10.2 Å². The molecule has 11 heteroatoms. The van der Waals surface area contributed by atoms with Crippen LogP contribution in [0.25, 0.3) is 16.9 Å². The minimum absolute atomic E-state index is 0.0151. The Morgan fingerprint density at radius 1 is 1.09 bits per heavy atom. The van der Waals surface area contributed by atoms with Gasteiger partial charge in [0.1, 0.15) is 24.4 Å². The molecule has 1 aliphatic rings. The number of aromatic nitrogens is 3. The first-order chi connectivity index (χ1) is 16.3. The molecule has 0 aliphatic carbocycles. The van der Waals surface area contributed by atoms with Crippen LogP contribution in [0, 0.1) is 5.82 Å². The molecule has 34 heavy (non-hydrogen) atoms. The Morgan fingerprint density at radius 3 is 2.53 bits per heavy atom. The number of nitrogens with one attached hydrogen (secondary N) is 1. The number of halogens is 2. The molecule has 0 spiro atoms. The standard InChI is InChI=1S/C23H22BClFN5O2S/c24-17-14-27-31-22(13-20(29-23(17)31)16-5-1-2-6-18(16)25)28-15-9-11-30(12-10-15)34(32,33)21-8-4-3-7-19(21)26/h1-8,13-15,28H,9-12,24H2. The van der Waals surface area contributed by atoms with Crippen molar-refractivity contribution in [1.82, 2.24) is 18.9 Å². The Labute approximate surface area is 203 Å². The van der Waals surface area contributed by atoms with Crippen molar-refractivity contribution in [3.8, 4) is 11.3 Å². The summed E-state index contributed by atoms with van der Waals surface area (Å²) in [7, 11) is -1.93. The molecule has 0 saturated carbocycles. The zero-order chi connectivity index (χ0) is 23.9. The van der Waals surface area contributed by atoms with E-state index in [1.807, 2.05) is 38.2 Å². The van der Waals surface area contributed by atoms with E-state index >= 15 is 0 Å². The van der Waals surface area contributed by atoms with Crippen molar-refractivity contribution in [2.75, 3.05) is 18.4 Å². The van der Waals surface area contributed by atoms with Crippen molar-refractivity contribution in [3.63, 3.8) is 0 Å². The first-order valence-electron chi connectivity index (χ1n) is 11.0. The molecule has 0 radical (unpaired) electrons. The number of nitrogens with zero attached hydrogens (tertiary/aromatic N) is 4. The molecule has 0 bridgehead atoms. The van der Waals surface area contributed by atoms with Crippen LogP contribution in [0.3, 0.4) is 0 Å². The minimum atomic E-state index is -3.88. The van der Waals surface area contributed by atoms with Gasteiger partial charge in [0.15, 0.2) is 5.65 Å². The summed E-state index contributed by atoms with van der Waals surface area (Å²) >= 11 is 6.42. The van der Waals surface area contributed by atoms with Gasteiger partial charge in [0.2, 0.25) is 10.0 Å². The molecular weight excluding hydrogens is 476 g/mol. The lowest BCUT2D eigenvalue weighted by Crippen LogP contribution is -2.42. The molecule has 1 N–H and O–H groups in total. The summed E-state index contributed by atoms with van der Waals surface area (Å²) in [6.07, 6.45) is 2.89. The maximum atomic E-state index is 14.1. The van der Waals surface area contributed by atoms with Crippen molar-refractivity contribution < 1.29 is 12.8 Å². The highest BCUT2D eigenvalue weighted by molar-refractivity contribution is 7.89. The van der Waals surface area contributed by atoms with Crippen molar-refractivity contribution in [2.45, 2.75) is 23.8 Å². The number of fused-ring (bicyclic) bond motifs is 1. The number of benzene rings is 2. The molecule has 0 atom stereocenters. The van der Waals surface area contributed by atoms with Gasteiger partial charge in [0.25, 0.3) is 0 Å². The van der Waals surface area contributed by atoms with Crippen molar-refractivity contribution in [2.24, 2.45) is 0 Å². The summed E-state index contributed by atoms with van der Waals surface area (Å²) in [5.41, 5.74) is 3.20. The Kier molecular flexibility index (Phi) is 6.05. The van der Waals surface area contributed by atoms with Gasteiger partial charge in [-0.25, -0.2) is 17.8 Å². The molecule has 0 unspecified atom stereocenters. The maximum Gasteiger partial charge on any atom is 0.245 e. The lowest BCUT2D eigenvalue weighted by molar-refractivity contribution is 0.328. The van der Waals surface area contributed by atoms with E-state index in [1.54, 1.807) is 10.7 Å². The fraction of sp³-hybridized carbons (Fsp3) is 0.217. The molecule has 5 rings (SSSR count). The third kappa shape index (κ3) is 4.17. The van der Waals surface area contributed by atoms with Crippen molar-refractivity contribution >= 4 is 46.4 Å². The molecule has 2 aromatic heterocycles. The van der Waals surface area contributed by atoms with Crippen LogP contribution >= 0.6 is 11.6 Å². The van der Waals surface area contributed by atoms with Crippen LogP contribution < -0.4 is 10.8 Å². The number of piperidine rings is 1. The van der Waals surface area contributed by atoms with Gasteiger partial charge >= 0.3 is 0 Å². The Hall–Kier alpha value is -2.95. The van der Waals surface area contributed by atoms with Gasteiger partial charge in [0, 0.05) is 42.0 Å². The van der Waals surface area contributed by atoms with Crippen LogP contribution in [-0.2, 0) is 10.0 Å². The van der Waals surface area contributed by atoms with Gasteiger partial charge < -0.3 is 5.32 Å². The first kappa shape index (κ1) is 22.8. The Balaban J connectivity index is 1.39. The van der Waals surface area contributed by atoms with Gasteiger partial charge in [-0.05, 0) is 36.5 Å². The number of rotatable bonds is 5. The first-order valence-corrected chi connectivity index (χ1v) is 12.8. The lowest BCUT2D eigenvalue weighted by atomic mass is 10.0. The quantitative estimate of drug-likeness (QED) is 0.429. The summed E-state index contributed by atoms with van der Waals surface area (Å²) in [4.78, 5) is 4.48.